The average Bonchev–Trinajstić information content (AvgIpc) is 2.77. The number of alkyl carbamates (subject to hydrolysis) is 1. The Balaban J connectivity index is 2.29. The van der Waals surface area contributed by atoms with Crippen molar-refractivity contribution in [3.63, 3.8) is 0 Å². The van der Waals surface area contributed by atoms with E-state index in [2.05, 4.69) is 5.32 Å². The van der Waals surface area contributed by atoms with E-state index in [1.54, 1.807) is 32.9 Å². The number of rotatable bonds is 5. The summed E-state index contributed by atoms with van der Waals surface area (Å²) in [6.07, 6.45) is 1.56. The standard InChI is InChI=1S/C21H29BFNO5/c1-19(2,3)27-18(26)24-12-16(22-28-20(4,5)21(6,7)29-22)10-14-8-9-15(13-25)17(23)11-14/h8-11,13H,12H2,1-7H3,(H,24,26). The largest absolute Gasteiger partial charge is 0.492 e. The van der Waals surface area contributed by atoms with Gasteiger partial charge in [0.05, 0.1) is 16.8 Å². The highest BCUT2D eigenvalue weighted by Gasteiger charge is 2.52. The maximum Gasteiger partial charge on any atom is 0.492 e. The summed E-state index contributed by atoms with van der Waals surface area (Å²) in [5.74, 6) is -0.623. The molecule has 6 nitrogen and oxygen atoms in total. The molecule has 1 aromatic rings. The molecule has 1 fully saturated rings. The first-order valence-electron chi connectivity index (χ1n) is 9.52. The molecule has 8 heteroatoms. The number of benzene rings is 1. The molecule has 0 atom stereocenters. The first-order chi connectivity index (χ1) is 13.2. The van der Waals surface area contributed by atoms with Gasteiger partial charge in [0.1, 0.15) is 11.4 Å². The van der Waals surface area contributed by atoms with E-state index in [4.69, 9.17) is 14.0 Å². The van der Waals surface area contributed by atoms with Crippen molar-refractivity contribution in [1.82, 2.24) is 5.32 Å². The van der Waals surface area contributed by atoms with Gasteiger partial charge in [-0.15, -0.1) is 0 Å². The van der Waals surface area contributed by atoms with Crippen molar-refractivity contribution in [2.75, 3.05) is 6.54 Å². The average molecular weight is 405 g/mol. The van der Waals surface area contributed by atoms with E-state index in [0.29, 0.717) is 17.3 Å². The third-order valence-corrected chi connectivity index (χ3v) is 4.90. The number of aldehydes is 1. The summed E-state index contributed by atoms with van der Waals surface area (Å²) < 4.78 is 31.4. The van der Waals surface area contributed by atoms with Gasteiger partial charge >= 0.3 is 13.2 Å². The van der Waals surface area contributed by atoms with Crippen LogP contribution in [0.2, 0.25) is 0 Å². The Morgan fingerprint density at radius 3 is 2.28 bits per heavy atom. The molecule has 1 aliphatic rings. The highest BCUT2D eigenvalue weighted by molar-refractivity contribution is 6.56. The maximum absolute atomic E-state index is 14.0. The molecule has 0 radical (unpaired) electrons. The van der Waals surface area contributed by atoms with Crippen molar-refractivity contribution in [2.45, 2.75) is 65.3 Å². The Morgan fingerprint density at radius 2 is 1.79 bits per heavy atom. The zero-order valence-electron chi connectivity index (χ0n) is 18.1. The molecule has 0 saturated carbocycles. The van der Waals surface area contributed by atoms with Crippen LogP contribution >= 0.6 is 0 Å². The van der Waals surface area contributed by atoms with Crippen LogP contribution in [-0.2, 0) is 14.0 Å². The molecule has 158 valence electrons. The van der Waals surface area contributed by atoms with Crippen LogP contribution in [0.3, 0.4) is 0 Å². The molecule has 1 aliphatic heterocycles. The van der Waals surface area contributed by atoms with Gasteiger partial charge in [-0.25, -0.2) is 9.18 Å². The van der Waals surface area contributed by atoms with Crippen LogP contribution in [0.15, 0.2) is 23.7 Å². The zero-order chi connectivity index (χ0) is 22.0. The minimum Gasteiger partial charge on any atom is -0.444 e. The van der Waals surface area contributed by atoms with Crippen molar-refractivity contribution >= 4 is 25.6 Å². The van der Waals surface area contributed by atoms with Crippen LogP contribution in [-0.4, -0.2) is 42.8 Å². The molecule has 1 aromatic carbocycles. The fourth-order valence-electron chi connectivity index (χ4n) is 2.63. The highest BCUT2D eigenvalue weighted by Crippen LogP contribution is 2.38. The summed E-state index contributed by atoms with van der Waals surface area (Å²) in [6.45, 7) is 13.1. The van der Waals surface area contributed by atoms with E-state index in [1.807, 2.05) is 27.7 Å². The molecule has 1 saturated heterocycles. The third-order valence-electron chi connectivity index (χ3n) is 4.90. The van der Waals surface area contributed by atoms with E-state index in [-0.39, 0.29) is 12.1 Å². The van der Waals surface area contributed by atoms with Gasteiger partial charge in [0.2, 0.25) is 0 Å². The fraction of sp³-hybridized carbons (Fsp3) is 0.524. The smallest absolute Gasteiger partial charge is 0.444 e. The Morgan fingerprint density at radius 1 is 1.21 bits per heavy atom. The summed E-state index contributed by atoms with van der Waals surface area (Å²) in [5, 5.41) is 2.69. The van der Waals surface area contributed by atoms with E-state index in [1.165, 1.54) is 12.1 Å². The second-order valence-corrected chi connectivity index (χ2v) is 9.06. The van der Waals surface area contributed by atoms with Gasteiger partial charge in [-0.3, -0.25) is 4.79 Å². The number of hydrogen-bond acceptors (Lipinski definition) is 5. The predicted octanol–water partition coefficient (Wildman–Crippen LogP) is 4.18. The Bertz CT molecular complexity index is 798. The number of carbonyl (C=O) groups excluding carboxylic acids is 2. The molecule has 1 heterocycles. The minimum atomic E-state index is -0.733. The summed E-state index contributed by atoms with van der Waals surface area (Å²) in [6, 6.07) is 4.27. The van der Waals surface area contributed by atoms with Crippen molar-refractivity contribution < 1.29 is 28.0 Å². The quantitative estimate of drug-likeness (QED) is 0.588. The Labute approximate surface area is 171 Å². The number of nitrogens with one attached hydrogen (secondary N) is 1. The number of ether oxygens (including phenoxy) is 1. The second kappa shape index (κ2) is 8.28. The highest BCUT2D eigenvalue weighted by atomic mass is 19.1. The van der Waals surface area contributed by atoms with Crippen LogP contribution in [0.25, 0.3) is 6.08 Å². The Hall–Kier alpha value is -2.19. The minimum absolute atomic E-state index is 0.0220. The van der Waals surface area contributed by atoms with Gasteiger partial charge in [0.25, 0.3) is 0 Å². The van der Waals surface area contributed by atoms with Gasteiger partial charge in [0.15, 0.2) is 6.29 Å². The maximum atomic E-state index is 14.0. The molecule has 0 unspecified atom stereocenters. The summed E-state index contributed by atoms with van der Waals surface area (Å²) >= 11 is 0. The zero-order valence-corrected chi connectivity index (χ0v) is 18.1. The van der Waals surface area contributed by atoms with Gasteiger partial charge in [-0.2, -0.15) is 0 Å². The van der Waals surface area contributed by atoms with Crippen molar-refractivity contribution in [1.29, 1.82) is 0 Å². The van der Waals surface area contributed by atoms with Gasteiger partial charge in [-0.1, -0.05) is 12.1 Å². The molecule has 1 N–H and O–H groups in total. The normalized spacial score (nSPS) is 18.5. The van der Waals surface area contributed by atoms with Crippen molar-refractivity contribution in [3.05, 3.63) is 40.6 Å². The summed E-state index contributed by atoms with van der Waals surface area (Å²) in [7, 11) is -0.733. The van der Waals surface area contributed by atoms with Crippen LogP contribution in [0, 0.1) is 5.82 Å². The second-order valence-electron chi connectivity index (χ2n) is 9.06. The van der Waals surface area contributed by atoms with E-state index < -0.39 is 35.8 Å². The molecule has 2 rings (SSSR count). The number of carbonyl (C=O) groups is 2. The summed E-state index contributed by atoms with van der Waals surface area (Å²) in [4.78, 5) is 22.9. The molecular weight excluding hydrogens is 376 g/mol. The van der Waals surface area contributed by atoms with E-state index in [0.717, 1.165) is 0 Å². The number of hydrogen-bond donors (Lipinski definition) is 1. The van der Waals surface area contributed by atoms with Crippen LogP contribution in [0.5, 0.6) is 0 Å². The SMILES string of the molecule is CC(C)(C)OC(=O)NCC(=Cc1ccc(C=O)c(F)c1)B1OC(C)(C)C(C)(C)O1. The molecule has 0 aromatic heterocycles. The van der Waals surface area contributed by atoms with Crippen LogP contribution < -0.4 is 5.32 Å². The van der Waals surface area contributed by atoms with E-state index >= 15 is 0 Å². The predicted molar refractivity (Wildman–Crippen MR) is 110 cm³/mol. The molecule has 1 amide bonds. The lowest BCUT2D eigenvalue weighted by molar-refractivity contribution is 0.00578. The summed E-state index contributed by atoms with van der Waals surface area (Å²) in [5.41, 5.74) is -0.695. The molecular formula is C21H29BFNO5. The monoisotopic (exact) mass is 405 g/mol. The molecule has 0 spiro atoms. The topological polar surface area (TPSA) is 73.9 Å². The lowest BCUT2D eigenvalue weighted by atomic mass is 9.77. The van der Waals surface area contributed by atoms with Gasteiger partial charge in [-0.05, 0) is 71.6 Å². The van der Waals surface area contributed by atoms with Gasteiger partial charge < -0.3 is 19.4 Å². The van der Waals surface area contributed by atoms with Gasteiger partial charge in [0, 0.05) is 6.54 Å². The van der Waals surface area contributed by atoms with E-state index in [9.17, 15) is 14.0 Å². The molecule has 0 bridgehead atoms. The molecule has 0 aliphatic carbocycles. The van der Waals surface area contributed by atoms with Crippen molar-refractivity contribution in [2.24, 2.45) is 0 Å². The van der Waals surface area contributed by atoms with Crippen LogP contribution in [0.4, 0.5) is 9.18 Å². The first-order valence-corrected chi connectivity index (χ1v) is 9.52. The van der Waals surface area contributed by atoms with Crippen LogP contribution in [0.1, 0.15) is 64.4 Å². The van der Waals surface area contributed by atoms with Crippen molar-refractivity contribution in [3.8, 4) is 0 Å². The lowest BCUT2D eigenvalue weighted by Crippen LogP contribution is -2.41. The third kappa shape index (κ3) is 5.90. The first kappa shape index (κ1) is 23.1. The fourth-order valence-corrected chi connectivity index (χ4v) is 2.63. The number of amides is 1. The number of halogens is 1. The molecule has 29 heavy (non-hydrogen) atoms. The lowest BCUT2D eigenvalue weighted by Gasteiger charge is -2.32. The Kier molecular flexibility index (Phi) is 6.60.